The van der Waals surface area contributed by atoms with Crippen LogP contribution in [0.25, 0.3) is 0 Å². The third-order valence-corrected chi connectivity index (χ3v) is 5.97. The van der Waals surface area contributed by atoms with E-state index in [9.17, 15) is 24.3 Å². The van der Waals surface area contributed by atoms with Gasteiger partial charge in [-0.05, 0) is 12.5 Å². The van der Waals surface area contributed by atoms with Crippen molar-refractivity contribution in [3.63, 3.8) is 0 Å². The molecule has 1 aromatic heterocycles. The minimum atomic E-state index is -1.21. The molecule has 0 aromatic carbocycles. The Labute approximate surface area is 177 Å². The van der Waals surface area contributed by atoms with Gasteiger partial charge in [0.25, 0.3) is 11.8 Å². The lowest BCUT2D eigenvalue weighted by atomic mass is 10.0. The van der Waals surface area contributed by atoms with Crippen molar-refractivity contribution in [2.45, 2.75) is 24.3 Å². The van der Waals surface area contributed by atoms with Crippen LogP contribution in [0.1, 0.15) is 18.5 Å². The van der Waals surface area contributed by atoms with E-state index in [0.29, 0.717) is 5.75 Å². The van der Waals surface area contributed by atoms with Crippen molar-refractivity contribution in [1.82, 2.24) is 15.2 Å². The fourth-order valence-electron chi connectivity index (χ4n) is 2.75. The number of amides is 2. The number of nitrogen functional groups attached to an aromatic ring is 1. The molecule has 1 unspecified atom stereocenters. The second-order valence-corrected chi connectivity index (χ2v) is 8.16. The van der Waals surface area contributed by atoms with Crippen molar-refractivity contribution in [2.24, 2.45) is 5.16 Å². The van der Waals surface area contributed by atoms with Gasteiger partial charge in [-0.25, -0.2) is 9.78 Å². The van der Waals surface area contributed by atoms with E-state index in [0.717, 1.165) is 16.2 Å². The highest BCUT2D eigenvalue weighted by atomic mass is 32.2. The Balaban J connectivity index is 1.69. The summed E-state index contributed by atoms with van der Waals surface area (Å²) in [5, 5.41) is 25.3. The minimum absolute atomic E-state index is 0.0376. The SMILES string of the molecule is Nc1nc(/C(=N/OCCCC(=O)O)C(=O)NC2C(=O)N3C(C(=O)O)=CCS[C@H]23)cs1. The fourth-order valence-corrected chi connectivity index (χ4v) is 4.49. The first-order valence-electron chi connectivity index (χ1n) is 8.61. The van der Waals surface area contributed by atoms with Crippen LogP contribution >= 0.6 is 23.1 Å². The third-order valence-electron chi connectivity index (χ3n) is 4.11. The molecule has 2 aliphatic heterocycles. The van der Waals surface area contributed by atoms with Crippen molar-refractivity contribution in [1.29, 1.82) is 0 Å². The summed E-state index contributed by atoms with van der Waals surface area (Å²) in [6.07, 6.45) is 1.51. The van der Waals surface area contributed by atoms with E-state index in [1.807, 2.05) is 0 Å². The zero-order valence-electron chi connectivity index (χ0n) is 15.3. The van der Waals surface area contributed by atoms with E-state index in [-0.39, 0.29) is 41.7 Å². The van der Waals surface area contributed by atoms with E-state index in [1.54, 1.807) is 0 Å². The van der Waals surface area contributed by atoms with E-state index >= 15 is 0 Å². The first-order valence-corrected chi connectivity index (χ1v) is 10.5. The molecular weight excluding hydrogens is 438 g/mol. The van der Waals surface area contributed by atoms with Gasteiger partial charge in [0.2, 0.25) is 0 Å². The van der Waals surface area contributed by atoms with Crippen molar-refractivity contribution in [3.05, 3.63) is 22.8 Å². The monoisotopic (exact) mass is 455 g/mol. The quantitative estimate of drug-likeness (QED) is 0.166. The normalized spacial score (nSPS) is 20.7. The van der Waals surface area contributed by atoms with Crippen LogP contribution in [0, 0.1) is 0 Å². The molecule has 1 aromatic rings. The van der Waals surface area contributed by atoms with Crippen molar-refractivity contribution >= 4 is 57.7 Å². The van der Waals surface area contributed by atoms with E-state index in [2.05, 4.69) is 15.5 Å². The van der Waals surface area contributed by atoms with Crippen LogP contribution in [0.15, 0.2) is 22.3 Å². The Hall–Kier alpha value is -3.13. The molecule has 0 radical (unpaired) electrons. The predicted octanol–water partition coefficient (Wildman–Crippen LogP) is -0.321. The summed E-state index contributed by atoms with van der Waals surface area (Å²) < 4.78 is 0. The number of hydrogen-bond donors (Lipinski definition) is 4. The molecule has 2 aliphatic rings. The minimum Gasteiger partial charge on any atom is -0.481 e. The van der Waals surface area contributed by atoms with Gasteiger partial charge < -0.3 is 26.1 Å². The molecule has 12 nitrogen and oxygen atoms in total. The van der Waals surface area contributed by atoms with Gasteiger partial charge in [0.15, 0.2) is 10.8 Å². The Morgan fingerprint density at radius 3 is 2.80 bits per heavy atom. The van der Waals surface area contributed by atoms with Gasteiger partial charge in [0.1, 0.15) is 29.4 Å². The molecule has 1 fully saturated rings. The number of rotatable bonds is 9. The number of thiazole rings is 1. The number of oxime groups is 1. The molecule has 14 heteroatoms. The van der Waals surface area contributed by atoms with Crippen LogP contribution < -0.4 is 11.1 Å². The Morgan fingerprint density at radius 1 is 1.40 bits per heavy atom. The van der Waals surface area contributed by atoms with Gasteiger partial charge in [-0.3, -0.25) is 19.3 Å². The number of nitrogens with zero attached hydrogens (tertiary/aromatic N) is 3. The van der Waals surface area contributed by atoms with E-state index in [1.165, 1.54) is 23.2 Å². The van der Waals surface area contributed by atoms with Crippen molar-refractivity contribution < 1.29 is 34.2 Å². The van der Waals surface area contributed by atoms with Gasteiger partial charge in [-0.2, -0.15) is 0 Å². The largest absolute Gasteiger partial charge is 0.481 e. The van der Waals surface area contributed by atoms with Gasteiger partial charge >= 0.3 is 11.9 Å². The lowest BCUT2D eigenvalue weighted by molar-refractivity contribution is -0.150. The Kier molecular flexibility index (Phi) is 6.56. The standard InChI is InChI=1S/C16H17N5O7S2/c17-16-18-7(6-30-16)10(20-28-4-1-2-9(22)23)12(24)19-11-13(25)21-8(15(26)27)3-5-29-14(11)21/h3,6,11,14H,1-2,4-5H2,(H2,17,18)(H,19,24)(H,22,23)(H,26,27)/b20-10-/t11?,14-/m1/s1. The van der Waals surface area contributed by atoms with Gasteiger partial charge in [-0.15, -0.1) is 23.1 Å². The third kappa shape index (κ3) is 4.54. The molecule has 3 rings (SSSR count). The average molecular weight is 455 g/mol. The fraction of sp³-hybridized carbons (Fsp3) is 0.375. The Morgan fingerprint density at radius 2 is 2.17 bits per heavy atom. The number of carboxylic acids is 2. The molecule has 2 atom stereocenters. The number of fused-ring (bicyclic) bond motifs is 1. The average Bonchev–Trinajstić information content (AvgIpc) is 3.13. The molecule has 30 heavy (non-hydrogen) atoms. The summed E-state index contributed by atoms with van der Waals surface area (Å²) >= 11 is 2.40. The van der Waals surface area contributed by atoms with Gasteiger partial charge in [0, 0.05) is 17.6 Å². The number of nitrogens with one attached hydrogen (secondary N) is 1. The number of thioether (sulfide) groups is 1. The number of anilines is 1. The molecule has 0 bridgehead atoms. The summed E-state index contributed by atoms with van der Waals surface area (Å²) in [6, 6.07) is -0.932. The van der Waals surface area contributed by atoms with Crippen molar-refractivity contribution in [2.75, 3.05) is 18.1 Å². The Bertz CT molecular complexity index is 944. The van der Waals surface area contributed by atoms with E-state index in [4.69, 9.17) is 15.7 Å². The molecule has 0 saturated carbocycles. The first-order chi connectivity index (χ1) is 14.3. The van der Waals surface area contributed by atoms with E-state index < -0.39 is 35.2 Å². The number of carboxylic acid groups (broad SMARTS) is 2. The number of nitrogens with two attached hydrogens (primary N) is 1. The highest BCUT2D eigenvalue weighted by Gasteiger charge is 2.53. The maximum absolute atomic E-state index is 12.8. The zero-order chi connectivity index (χ0) is 21.8. The number of β-lactam (4-membered cyclic amide) rings is 1. The lowest BCUT2D eigenvalue weighted by Gasteiger charge is -2.48. The summed E-state index contributed by atoms with van der Waals surface area (Å²) in [5.41, 5.74) is 5.41. The van der Waals surface area contributed by atoms with Gasteiger partial charge in [-0.1, -0.05) is 5.16 Å². The highest BCUT2D eigenvalue weighted by molar-refractivity contribution is 8.00. The summed E-state index contributed by atoms with van der Waals surface area (Å²) in [4.78, 5) is 57.2. The van der Waals surface area contributed by atoms with Crippen molar-refractivity contribution in [3.8, 4) is 0 Å². The number of carbonyl (C=O) groups is 4. The van der Waals surface area contributed by atoms with Crippen LogP contribution in [0.5, 0.6) is 0 Å². The summed E-state index contributed by atoms with van der Waals surface area (Å²) in [7, 11) is 0. The molecule has 0 spiro atoms. The maximum atomic E-state index is 12.8. The lowest BCUT2D eigenvalue weighted by Crippen LogP contribution is -2.70. The molecule has 160 valence electrons. The zero-order valence-corrected chi connectivity index (χ0v) is 16.9. The molecule has 1 saturated heterocycles. The maximum Gasteiger partial charge on any atom is 0.352 e. The highest BCUT2D eigenvalue weighted by Crippen LogP contribution is 2.37. The second-order valence-electron chi connectivity index (χ2n) is 6.12. The van der Waals surface area contributed by atoms with Crippen LogP contribution in [0.4, 0.5) is 5.13 Å². The van der Waals surface area contributed by atoms with Crippen LogP contribution in [0.3, 0.4) is 0 Å². The first kappa shape index (κ1) is 21.6. The molecule has 0 aliphatic carbocycles. The number of aromatic nitrogens is 1. The van der Waals surface area contributed by atoms with Gasteiger partial charge in [0.05, 0.1) is 0 Å². The second kappa shape index (κ2) is 9.13. The molecule has 3 heterocycles. The molecule has 2 amide bonds. The van der Waals surface area contributed by atoms with Crippen LogP contribution in [-0.2, 0) is 24.0 Å². The van der Waals surface area contributed by atoms with Crippen LogP contribution in [-0.4, -0.2) is 73.3 Å². The smallest absolute Gasteiger partial charge is 0.352 e. The number of hydrogen-bond acceptors (Lipinski definition) is 10. The topological polar surface area (TPSA) is 185 Å². The molecular formula is C16H17N5O7S2. The predicted molar refractivity (Wildman–Crippen MR) is 107 cm³/mol. The summed E-state index contributed by atoms with van der Waals surface area (Å²) in [5.74, 6) is -3.11. The summed E-state index contributed by atoms with van der Waals surface area (Å²) in [6.45, 7) is -0.0376. The van der Waals surface area contributed by atoms with Crippen LogP contribution in [0.2, 0.25) is 0 Å². The molecule has 5 N–H and O–H groups in total. The number of aliphatic carboxylic acids is 2. The number of carbonyl (C=O) groups excluding carboxylic acids is 2.